The number of fused-ring (bicyclic) bond motifs is 1. The quantitative estimate of drug-likeness (QED) is 0.398. The van der Waals surface area contributed by atoms with Crippen molar-refractivity contribution < 1.29 is 18.0 Å². The van der Waals surface area contributed by atoms with E-state index in [1.807, 2.05) is 5.43 Å². The smallest absolute Gasteiger partial charge is 0.289 e. The lowest BCUT2D eigenvalue weighted by molar-refractivity contribution is -0.141. The number of nitrogens with two attached hydrogens (primary N) is 1. The molecule has 3 N–H and O–H groups in total. The molecular formula is C15H10Cl2F3N5O. The molecule has 0 unspecified atom stereocenters. The molecular weight excluding hydrogens is 394 g/mol. The zero-order valence-corrected chi connectivity index (χ0v) is 14.3. The Kier molecular flexibility index (Phi) is 4.78. The molecule has 0 saturated carbocycles. The maximum absolute atomic E-state index is 13.0. The molecule has 3 rings (SSSR count). The Hall–Kier alpha value is -2.36. The molecule has 3 aromatic rings. The second kappa shape index (κ2) is 6.75. The molecule has 0 radical (unpaired) electrons. The lowest BCUT2D eigenvalue weighted by atomic mass is 10.2. The molecule has 0 bridgehead atoms. The lowest BCUT2D eigenvalue weighted by Crippen LogP contribution is -2.30. The SMILES string of the molecule is NNC(=O)c1nn(Cc2ccc(Cl)cc2Cl)c2nc(C(F)(F)F)ccc12. The number of hydrogen-bond donors (Lipinski definition) is 2. The highest BCUT2D eigenvalue weighted by atomic mass is 35.5. The zero-order chi connectivity index (χ0) is 19.1. The summed E-state index contributed by atoms with van der Waals surface area (Å²) in [6.45, 7) is -0.0152. The van der Waals surface area contributed by atoms with E-state index in [1.165, 1.54) is 6.07 Å². The van der Waals surface area contributed by atoms with Gasteiger partial charge < -0.3 is 0 Å². The predicted octanol–water partition coefficient (Wildman–Crippen LogP) is 3.41. The number of nitrogens with one attached hydrogen (secondary N) is 1. The molecule has 2 heterocycles. The van der Waals surface area contributed by atoms with Gasteiger partial charge in [0.05, 0.1) is 11.9 Å². The van der Waals surface area contributed by atoms with Crippen LogP contribution >= 0.6 is 23.2 Å². The zero-order valence-electron chi connectivity index (χ0n) is 12.8. The second-order valence-electron chi connectivity index (χ2n) is 5.28. The van der Waals surface area contributed by atoms with Gasteiger partial charge >= 0.3 is 6.18 Å². The number of rotatable bonds is 3. The van der Waals surface area contributed by atoms with Crippen molar-refractivity contribution in [3.05, 3.63) is 57.3 Å². The van der Waals surface area contributed by atoms with Crippen molar-refractivity contribution >= 4 is 40.1 Å². The normalized spacial score (nSPS) is 11.8. The number of hydrogen-bond acceptors (Lipinski definition) is 4. The standard InChI is InChI=1S/C15H10Cl2F3N5O/c16-8-2-1-7(10(17)5-8)6-25-13-9(12(24-25)14(26)23-21)3-4-11(22-13)15(18,19)20/h1-5H,6,21H2,(H,23,26). The fourth-order valence-corrected chi connectivity index (χ4v) is 2.84. The summed E-state index contributed by atoms with van der Waals surface area (Å²) in [5.41, 5.74) is 1.08. The predicted molar refractivity (Wildman–Crippen MR) is 89.7 cm³/mol. The van der Waals surface area contributed by atoms with Gasteiger partial charge in [-0.15, -0.1) is 0 Å². The number of hydrazine groups is 1. The van der Waals surface area contributed by atoms with Crippen molar-refractivity contribution in [3.63, 3.8) is 0 Å². The van der Waals surface area contributed by atoms with Gasteiger partial charge in [0, 0.05) is 10.0 Å². The van der Waals surface area contributed by atoms with E-state index in [-0.39, 0.29) is 23.3 Å². The van der Waals surface area contributed by atoms with Gasteiger partial charge in [0.1, 0.15) is 5.69 Å². The summed E-state index contributed by atoms with van der Waals surface area (Å²) in [7, 11) is 0. The second-order valence-corrected chi connectivity index (χ2v) is 6.12. The van der Waals surface area contributed by atoms with Crippen molar-refractivity contribution in [2.75, 3.05) is 0 Å². The van der Waals surface area contributed by atoms with E-state index < -0.39 is 17.8 Å². The van der Waals surface area contributed by atoms with Gasteiger partial charge in [0.15, 0.2) is 11.3 Å². The molecule has 2 aromatic heterocycles. The number of halogens is 5. The number of carbonyl (C=O) groups is 1. The van der Waals surface area contributed by atoms with Crippen LogP contribution in [-0.4, -0.2) is 20.7 Å². The molecule has 0 aliphatic carbocycles. The van der Waals surface area contributed by atoms with Crippen LogP contribution in [0.5, 0.6) is 0 Å². The Labute approximate surface area is 154 Å². The molecule has 11 heteroatoms. The Morgan fingerprint density at radius 1 is 1.23 bits per heavy atom. The first-order valence-corrected chi connectivity index (χ1v) is 7.86. The highest BCUT2D eigenvalue weighted by Crippen LogP contribution is 2.30. The van der Waals surface area contributed by atoms with Crippen molar-refractivity contribution in [2.45, 2.75) is 12.7 Å². The van der Waals surface area contributed by atoms with E-state index in [2.05, 4.69) is 10.1 Å². The first-order valence-electron chi connectivity index (χ1n) is 7.10. The molecule has 1 aromatic carbocycles. The van der Waals surface area contributed by atoms with E-state index in [0.29, 0.717) is 15.6 Å². The summed E-state index contributed by atoms with van der Waals surface area (Å²) in [5.74, 6) is 4.36. The van der Waals surface area contributed by atoms with Gasteiger partial charge in [0.2, 0.25) is 0 Å². The average molecular weight is 404 g/mol. The Morgan fingerprint density at radius 3 is 2.58 bits per heavy atom. The maximum Gasteiger partial charge on any atom is 0.433 e. The van der Waals surface area contributed by atoms with Crippen LogP contribution in [0.3, 0.4) is 0 Å². The molecule has 0 saturated heterocycles. The fourth-order valence-electron chi connectivity index (χ4n) is 2.37. The van der Waals surface area contributed by atoms with E-state index in [0.717, 1.165) is 16.8 Å². The number of amides is 1. The summed E-state index contributed by atoms with van der Waals surface area (Å²) in [6.07, 6.45) is -4.64. The van der Waals surface area contributed by atoms with Gasteiger partial charge in [-0.05, 0) is 29.8 Å². The van der Waals surface area contributed by atoms with Gasteiger partial charge in [-0.3, -0.25) is 10.2 Å². The summed E-state index contributed by atoms with van der Waals surface area (Å²) in [6, 6.07) is 6.58. The van der Waals surface area contributed by atoms with Crippen molar-refractivity contribution in [1.82, 2.24) is 20.2 Å². The lowest BCUT2D eigenvalue weighted by Gasteiger charge is -2.08. The van der Waals surface area contributed by atoms with E-state index >= 15 is 0 Å². The summed E-state index contributed by atoms with van der Waals surface area (Å²) < 4.78 is 40.1. The fraction of sp³-hybridized carbons (Fsp3) is 0.133. The van der Waals surface area contributed by atoms with Crippen molar-refractivity contribution in [3.8, 4) is 0 Å². The van der Waals surface area contributed by atoms with E-state index in [9.17, 15) is 18.0 Å². The van der Waals surface area contributed by atoms with Crippen LogP contribution in [0, 0.1) is 0 Å². The van der Waals surface area contributed by atoms with Crippen molar-refractivity contribution in [1.29, 1.82) is 0 Å². The number of carbonyl (C=O) groups excluding carboxylic acids is 1. The van der Waals surface area contributed by atoms with Gasteiger partial charge in [-0.1, -0.05) is 29.3 Å². The van der Waals surface area contributed by atoms with Crippen LogP contribution in [-0.2, 0) is 12.7 Å². The highest BCUT2D eigenvalue weighted by Gasteiger charge is 2.33. The van der Waals surface area contributed by atoms with Gasteiger partial charge in [-0.25, -0.2) is 15.5 Å². The molecule has 0 aliphatic heterocycles. The minimum absolute atomic E-state index is 0.0152. The molecule has 0 spiro atoms. The molecule has 1 amide bonds. The highest BCUT2D eigenvalue weighted by molar-refractivity contribution is 6.35. The molecule has 26 heavy (non-hydrogen) atoms. The van der Waals surface area contributed by atoms with Crippen molar-refractivity contribution in [2.24, 2.45) is 5.84 Å². The third-order valence-electron chi connectivity index (χ3n) is 3.57. The number of nitrogens with zero attached hydrogens (tertiary/aromatic N) is 3. The van der Waals surface area contributed by atoms with Crippen LogP contribution in [0.15, 0.2) is 30.3 Å². The number of pyridine rings is 1. The first kappa shape index (κ1) is 18.4. The van der Waals surface area contributed by atoms with E-state index in [4.69, 9.17) is 29.0 Å². The third kappa shape index (κ3) is 3.46. The number of alkyl halides is 3. The monoisotopic (exact) mass is 403 g/mol. The van der Waals surface area contributed by atoms with Crippen LogP contribution in [0.1, 0.15) is 21.7 Å². The van der Waals surface area contributed by atoms with Crippen LogP contribution in [0.25, 0.3) is 11.0 Å². The summed E-state index contributed by atoms with van der Waals surface area (Å²) in [4.78, 5) is 15.5. The molecule has 0 aliphatic rings. The number of benzene rings is 1. The molecule has 0 atom stereocenters. The number of aromatic nitrogens is 3. The minimum Gasteiger partial charge on any atom is -0.289 e. The summed E-state index contributed by atoms with van der Waals surface area (Å²) >= 11 is 11.9. The Bertz CT molecular complexity index is 1000. The first-order chi connectivity index (χ1) is 12.2. The Balaban J connectivity index is 2.17. The average Bonchev–Trinajstić information content (AvgIpc) is 2.94. The van der Waals surface area contributed by atoms with E-state index in [1.54, 1.807) is 12.1 Å². The minimum atomic E-state index is -4.64. The molecule has 0 fully saturated rings. The topological polar surface area (TPSA) is 85.8 Å². The van der Waals surface area contributed by atoms with Gasteiger partial charge in [0.25, 0.3) is 5.91 Å². The van der Waals surface area contributed by atoms with Crippen LogP contribution < -0.4 is 11.3 Å². The molecule has 136 valence electrons. The Morgan fingerprint density at radius 2 is 1.96 bits per heavy atom. The van der Waals surface area contributed by atoms with Crippen LogP contribution in [0.2, 0.25) is 10.0 Å². The molecule has 6 nitrogen and oxygen atoms in total. The van der Waals surface area contributed by atoms with Crippen LogP contribution in [0.4, 0.5) is 13.2 Å². The third-order valence-corrected chi connectivity index (χ3v) is 4.15. The van der Waals surface area contributed by atoms with Gasteiger partial charge in [-0.2, -0.15) is 18.3 Å². The largest absolute Gasteiger partial charge is 0.433 e. The number of nitrogen functional groups attached to an aromatic ring is 1. The maximum atomic E-state index is 13.0. The summed E-state index contributed by atoms with van der Waals surface area (Å²) in [5, 5.41) is 4.89.